The fourth-order valence-corrected chi connectivity index (χ4v) is 1.64. The Labute approximate surface area is 144 Å². The first-order valence-electron chi connectivity index (χ1n) is 6.65. The smallest absolute Gasteiger partial charge is 0.251 e. The minimum Gasteiger partial charge on any atom is -0.355 e. The molecule has 0 aliphatic carbocycles. The zero-order valence-corrected chi connectivity index (χ0v) is 15.6. The molecular weight excluding hydrogens is 379 g/mol. The fraction of sp³-hybridized carbons (Fsp3) is 0.467. The molecule has 1 aromatic carbocycles. The van der Waals surface area contributed by atoms with E-state index in [0.717, 1.165) is 11.5 Å². The largest absolute Gasteiger partial charge is 0.355 e. The van der Waals surface area contributed by atoms with Gasteiger partial charge in [0.25, 0.3) is 5.91 Å². The molecule has 1 rings (SSSR count). The van der Waals surface area contributed by atoms with Crippen molar-refractivity contribution in [3.05, 3.63) is 35.4 Å². The second kappa shape index (κ2) is 8.86. The number of nitrogens with zero attached hydrogens (tertiary/aromatic N) is 1. The van der Waals surface area contributed by atoms with Crippen LogP contribution in [-0.2, 0) is 6.54 Å². The summed E-state index contributed by atoms with van der Waals surface area (Å²) in [4.78, 5) is 15.6. The van der Waals surface area contributed by atoms with Crippen molar-refractivity contribution in [2.24, 2.45) is 4.99 Å². The zero-order chi connectivity index (χ0) is 15.2. The van der Waals surface area contributed by atoms with Gasteiger partial charge in [0.05, 0.1) is 0 Å². The first-order chi connectivity index (χ1) is 9.35. The Hall–Kier alpha value is -1.31. The second-order valence-corrected chi connectivity index (χ2v) is 5.58. The minimum atomic E-state index is -0.0743. The lowest BCUT2D eigenvalue weighted by molar-refractivity contribution is 0.0963. The highest BCUT2D eigenvalue weighted by atomic mass is 127. The van der Waals surface area contributed by atoms with Crippen LogP contribution in [0.5, 0.6) is 0 Å². The molecule has 0 atom stereocenters. The number of hydrogen-bond donors (Lipinski definition) is 3. The number of guanidine groups is 1. The maximum atomic E-state index is 11.4. The van der Waals surface area contributed by atoms with Crippen molar-refractivity contribution in [3.8, 4) is 0 Å². The molecule has 0 aliphatic rings. The Morgan fingerprint density at radius 2 is 1.76 bits per heavy atom. The van der Waals surface area contributed by atoms with E-state index in [1.165, 1.54) is 0 Å². The van der Waals surface area contributed by atoms with E-state index in [9.17, 15) is 4.79 Å². The summed E-state index contributed by atoms with van der Waals surface area (Å²) in [5.41, 5.74) is 1.72. The van der Waals surface area contributed by atoms with Crippen LogP contribution in [0.2, 0.25) is 0 Å². The van der Waals surface area contributed by atoms with Gasteiger partial charge in [0.1, 0.15) is 0 Å². The zero-order valence-electron chi connectivity index (χ0n) is 13.3. The highest BCUT2D eigenvalue weighted by Crippen LogP contribution is 2.04. The molecule has 0 aliphatic heterocycles. The first kappa shape index (κ1) is 19.7. The van der Waals surface area contributed by atoms with Crippen LogP contribution in [0.3, 0.4) is 0 Å². The van der Waals surface area contributed by atoms with Crippen molar-refractivity contribution in [2.75, 3.05) is 14.1 Å². The molecule has 1 aromatic rings. The Bertz CT molecular complexity index is 477. The van der Waals surface area contributed by atoms with Crippen molar-refractivity contribution < 1.29 is 4.79 Å². The van der Waals surface area contributed by atoms with Crippen LogP contribution in [0.25, 0.3) is 0 Å². The lowest BCUT2D eigenvalue weighted by Crippen LogP contribution is -2.47. The third-order valence-electron chi connectivity index (χ3n) is 2.62. The van der Waals surface area contributed by atoms with Crippen molar-refractivity contribution in [2.45, 2.75) is 32.9 Å². The average molecular weight is 404 g/mol. The van der Waals surface area contributed by atoms with E-state index in [1.54, 1.807) is 14.1 Å². The molecule has 0 fully saturated rings. The van der Waals surface area contributed by atoms with E-state index in [0.29, 0.717) is 12.1 Å². The van der Waals surface area contributed by atoms with Gasteiger partial charge in [-0.05, 0) is 38.5 Å². The molecule has 6 heteroatoms. The van der Waals surface area contributed by atoms with Gasteiger partial charge in [-0.1, -0.05) is 12.1 Å². The van der Waals surface area contributed by atoms with Gasteiger partial charge < -0.3 is 16.0 Å². The summed E-state index contributed by atoms with van der Waals surface area (Å²) in [5.74, 6) is 0.683. The number of nitrogens with one attached hydrogen (secondary N) is 3. The predicted molar refractivity (Wildman–Crippen MR) is 98.3 cm³/mol. The lowest BCUT2D eigenvalue weighted by Gasteiger charge is -2.23. The summed E-state index contributed by atoms with van der Waals surface area (Å²) in [7, 11) is 3.37. The maximum absolute atomic E-state index is 11.4. The monoisotopic (exact) mass is 404 g/mol. The summed E-state index contributed by atoms with van der Waals surface area (Å²) in [6.07, 6.45) is 0. The topological polar surface area (TPSA) is 65.5 Å². The quantitative estimate of drug-likeness (QED) is 0.411. The van der Waals surface area contributed by atoms with E-state index in [-0.39, 0.29) is 35.4 Å². The van der Waals surface area contributed by atoms with Crippen LogP contribution in [0, 0.1) is 0 Å². The third-order valence-corrected chi connectivity index (χ3v) is 2.62. The number of carbonyl (C=O) groups excluding carboxylic acids is 1. The number of halogens is 1. The van der Waals surface area contributed by atoms with Crippen LogP contribution in [0.4, 0.5) is 0 Å². The molecule has 0 radical (unpaired) electrons. The van der Waals surface area contributed by atoms with Gasteiger partial charge in [0.2, 0.25) is 0 Å². The molecule has 1 amide bonds. The molecule has 0 bridgehead atoms. The molecule has 0 saturated carbocycles. The van der Waals surface area contributed by atoms with E-state index >= 15 is 0 Å². The van der Waals surface area contributed by atoms with Crippen LogP contribution in [0.1, 0.15) is 36.7 Å². The summed E-state index contributed by atoms with van der Waals surface area (Å²) >= 11 is 0. The van der Waals surface area contributed by atoms with Crippen molar-refractivity contribution in [1.82, 2.24) is 16.0 Å². The molecule has 3 N–H and O–H groups in total. The van der Waals surface area contributed by atoms with Crippen LogP contribution < -0.4 is 16.0 Å². The summed E-state index contributed by atoms with van der Waals surface area (Å²) in [6, 6.07) is 7.50. The van der Waals surface area contributed by atoms with Gasteiger partial charge in [-0.2, -0.15) is 0 Å². The van der Waals surface area contributed by atoms with Crippen LogP contribution in [-0.4, -0.2) is 31.5 Å². The molecule has 21 heavy (non-hydrogen) atoms. The van der Waals surface area contributed by atoms with Gasteiger partial charge in [0, 0.05) is 31.7 Å². The molecule has 0 heterocycles. The molecule has 118 valence electrons. The summed E-state index contributed by atoms with van der Waals surface area (Å²) in [5, 5.41) is 9.14. The summed E-state index contributed by atoms with van der Waals surface area (Å²) in [6.45, 7) is 6.90. The van der Waals surface area contributed by atoms with E-state index in [2.05, 4.69) is 41.7 Å². The maximum Gasteiger partial charge on any atom is 0.251 e. The molecule has 0 spiro atoms. The highest BCUT2D eigenvalue weighted by molar-refractivity contribution is 14.0. The Kier molecular flexibility index (Phi) is 8.31. The van der Waals surface area contributed by atoms with Gasteiger partial charge in [-0.3, -0.25) is 9.79 Å². The van der Waals surface area contributed by atoms with Gasteiger partial charge in [-0.15, -0.1) is 24.0 Å². The van der Waals surface area contributed by atoms with Crippen LogP contribution >= 0.6 is 24.0 Å². The average Bonchev–Trinajstić information content (AvgIpc) is 2.42. The Morgan fingerprint density at radius 3 is 2.19 bits per heavy atom. The van der Waals surface area contributed by atoms with Gasteiger partial charge >= 0.3 is 0 Å². The Morgan fingerprint density at radius 1 is 1.19 bits per heavy atom. The van der Waals surface area contributed by atoms with E-state index in [4.69, 9.17) is 0 Å². The number of rotatable bonds is 3. The molecule has 0 saturated heterocycles. The normalized spacial score (nSPS) is 11.4. The van der Waals surface area contributed by atoms with Crippen molar-refractivity contribution >= 4 is 35.8 Å². The number of hydrogen-bond acceptors (Lipinski definition) is 2. The Balaban J connectivity index is 0.00000400. The number of carbonyl (C=O) groups is 1. The highest BCUT2D eigenvalue weighted by Gasteiger charge is 2.11. The second-order valence-electron chi connectivity index (χ2n) is 5.58. The van der Waals surface area contributed by atoms with Crippen molar-refractivity contribution in [1.29, 1.82) is 0 Å². The summed E-state index contributed by atoms with van der Waals surface area (Å²) < 4.78 is 0. The lowest BCUT2D eigenvalue weighted by atomic mass is 10.1. The molecular formula is C15H25IN4O. The SMILES string of the molecule is CN=C(NCc1ccc(C(=O)NC)cc1)NC(C)(C)C.I. The number of amides is 1. The van der Waals surface area contributed by atoms with Crippen molar-refractivity contribution in [3.63, 3.8) is 0 Å². The minimum absolute atomic E-state index is 0. The number of aliphatic imine (C=N–C) groups is 1. The first-order valence-corrected chi connectivity index (χ1v) is 6.65. The van der Waals surface area contributed by atoms with Crippen LogP contribution in [0.15, 0.2) is 29.3 Å². The van der Waals surface area contributed by atoms with E-state index < -0.39 is 0 Å². The standard InChI is InChI=1S/C15H24N4O.HI/c1-15(2,3)19-14(17-5)18-10-11-6-8-12(9-7-11)13(20)16-4;/h6-9H,10H2,1-5H3,(H,16,20)(H2,17,18,19);1H. The molecule has 0 aromatic heterocycles. The van der Waals surface area contributed by atoms with Gasteiger partial charge in [-0.25, -0.2) is 0 Å². The molecule has 0 unspecified atom stereocenters. The number of benzene rings is 1. The third kappa shape index (κ3) is 7.31. The van der Waals surface area contributed by atoms with E-state index in [1.807, 2.05) is 24.3 Å². The van der Waals surface area contributed by atoms with Gasteiger partial charge in [0.15, 0.2) is 5.96 Å². The predicted octanol–water partition coefficient (Wildman–Crippen LogP) is 2.13. The fourth-order valence-electron chi connectivity index (χ4n) is 1.64. The molecule has 5 nitrogen and oxygen atoms in total.